The van der Waals surface area contributed by atoms with Gasteiger partial charge in [0.2, 0.25) is 5.89 Å². The van der Waals surface area contributed by atoms with Crippen LogP contribution in [0, 0.1) is 0 Å². The van der Waals surface area contributed by atoms with Crippen LogP contribution in [0.4, 0.5) is 0 Å². The van der Waals surface area contributed by atoms with Gasteiger partial charge in [0.05, 0.1) is 4.88 Å². The van der Waals surface area contributed by atoms with Crippen molar-refractivity contribution in [1.82, 2.24) is 10.2 Å². The van der Waals surface area contributed by atoms with Gasteiger partial charge in [-0.3, -0.25) is 4.79 Å². The maximum Gasteiger partial charge on any atom is 0.312 e. The highest BCUT2D eigenvalue weighted by Crippen LogP contribution is 2.22. The first kappa shape index (κ1) is 8.89. The van der Waals surface area contributed by atoms with Crippen LogP contribution >= 0.6 is 11.3 Å². The van der Waals surface area contributed by atoms with Gasteiger partial charge in [0.1, 0.15) is 6.42 Å². The van der Waals surface area contributed by atoms with Crippen LogP contribution in [0.2, 0.25) is 0 Å². The number of hydrogen-bond acceptors (Lipinski definition) is 5. The molecule has 0 amide bonds. The molecule has 0 radical (unpaired) electrons. The highest BCUT2D eigenvalue weighted by atomic mass is 32.1. The second-order valence-electron chi connectivity index (χ2n) is 2.55. The molecule has 0 atom stereocenters. The van der Waals surface area contributed by atoms with E-state index in [0.717, 1.165) is 4.88 Å². The van der Waals surface area contributed by atoms with Gasteiger partial charge in [0.15, 0.2) is 0 Å². The summed E-state index contributed by atoms with van der Waals surface area (Å²) in [5.74, 6) is -0.483. The van der Waals surface area contributed by atoms with E-state index in [1.54, 1.807) is 0 Å². The molecule has 2 heterocycles. The van der Waals surface area contributed by atoms with E-state index in [1.807, 2.05) is 17.5 Å². The van der Waals surface area contributed by atoms with Crippen molar-refractivity contribution in [3.63, 3.8) is 0 Å². The molecule has 0 aromatic carbocycles. The van der Waals surface area contributed by atoms with Gasteiger partial charge in [-0.2, -0.15) is 0 Å². The molecule has 0 saturated heterocycles. The Morgan fingerprint density at radius 1 is 1.57 bits per heavy atom. The van der Waals surface area contributed by atoms with Gasteiger partial charge in [0.25, 0.3) is 5.89 Å². The first-order chi connectivity index (χ1) is 6.75. The van der Waals surface area contributed by atoms with Gasteiger partial charge in [-0.15, -0.1) is 21.5 Å². The Hall–Kier alpha value is -1.69. The summed E-state index contributed by atoms with van der Waals surface area (Å²) in [6.45, 7) is 0. The van der Waals surface area contributed by atoms with E-state index < -0.39 is 5.97 Å². The van der Waals surface area contributed by atoms with E-state index in [9.17, 15) is 4.79 Å². The molecule has 2 rings (SSSR count). The first-order valence-electron chi connectivity index (χ1n) is 3.84. The summed E-state index contributed by atoms with van der Waals surface area (Å²) in [4.78, 5) is 11.2. The number of aromatic nitrogens is 2. The first-order valence-corrected chi connectivity index (χ1v) is 4.72. The zero-order valence-electron chi connectivity index (χ0n) is 7.01. The van der Waals surface area contributed by atoms with E-state index in [1.165, 1.54) is 11.3 Å². The molecular weight excluding hydrogens is 204 g/mol. The van der Waals surface area contributed by atoms with Crippen LogP contribution in [0.3, 0.4) is 0 Å². The van der Waals surface area contributed by atoms with Crippen molar-refractivity contribution in [2.45, 2.75) is 6.42 Å². The molecule has 14 heavy (non-hydrogen) atoms. The van der Waals surface area contributed by atoms with Crippen molar-refractivity contribution in [3.05, 3.63) is 23.4 Å². The molecular formula is C8H6N2O3S. The Kier molecular flexibility index (Phi) is 2.28. The van der Waals surface area contributed by atoms with Crippen LogP contribution in [-0.4, -0.2) is 21.3 Å². The van der Waals surface area contributed by atoms with Crippen molar-refractivity contribution in [2.24, 2.45) is 0 Å². The van der Waals surface area contributed by atoms with Crippen molar-refractivity contribution in [2.75, 3.05) is 0 Å². The topological polar surface area (TPSA) is 76.2 Å². The predicted molar refractivity (Wildman–Crippen MR) is 49.0 cm³/mol. The number of rotatable bonds is 3. The van der Waals surface area contributed by atoms with E-state index in [2.05, 4.69) is 10.2 Å². The molecule has 0 aliphatic carbocycles. The molecule has 0 fully saturated rings. The maximum absolute atomic E-state index is 10.3. The zero-order valence-corrected chi connectivity index (χ0v) is 7.82. The summed E-state index contributed by atoms with van der Waals surface area (Å²) in [5.41, 5.74) is 0. The minimum atomic E-state index is -0.980. The fraction of sp³-hybridized carbons (Fsp3) is 0.125. The normalized spacial score (nSPS) is 10.3. The number of carbonyl (C=O) groups is 1. The van der Waals surface area contributed by atoms with E-state index in [0.29, 0.717) is 5.89 Å². The van der Waals surface area contributed by atoms with Crippen molar-refractivity contribution in [1.29, 1.82) is 0 Å². The maximum atomic E-state index is 10.3. The van der Waals surface area contributed by atoms with Crippen LogP contribution in [0.1, 0.15) is 5.89 Å². The summed E-state index contributed by atoms with van der Waals surface area (Å²) in [6.07, 6.45) is -0.238. The molecule has 1 N–H and O–H groups in total. The summed E-state index contributed by atoms with van der Waals surface area (Å²) < 4.78 is 5.15. The number of carboxylic acid groups (broad SMARTS) is 1. The van der Waals surface area contributed by atoms with E-state index >= 15 is 0 Å². The molecule has 6 heteroatoms. The molecule has 72 valence electrons. The molecule has 5 nitrogen and oxygen atoms in total. The lowest BCUT2D eigenvalue weighted by molar-refractivity contribution is -0.136. The minimum Gasteiger partial charge on any atom is -0.481 e. The van der Waals surface area contributed by atoms with Gasteiger partial charge < -0.3 is 9.52 Å². The average Bonchev–Trinajstić information content (AvgIpc) is 2.69. The molecule has 2 aromatic heterocycles. The van der Waals surface area contributed by atoms with E-state index in [4.69, 9.17) is 9.52 Å². The Morgan fingerprint density at radius 3 is 3.07 bits per heavy atom. The fourth-order valence-electron chi connectivity index (χ4n) is 0.954. The minimum absolute atomic E-state index is 0.126. The Morgan fingerprint density at radius 2 is 2.43 bits per heavy atom. The van der Waals surface area contributed by atoms with Gasteiger partial charge in [-0.1, -0.05) is 6.07 Å². The Balaban J connectivity index is 2.22. The fourth-order valence-corrected chi connectivity index (χ4v) is 1.60. The lowest BCUT2D eigenvalue weighted by Crippen LogP contribution is -1.99. The molecule has 0 saturated carbocycles. The highest BCUT2D eigenvalue weighted by molar-refractivity contribution is 7.13. The van der Waals surface area contributed by atoms with Crippen LogP contribution in [0.5, 0.6) is 0 Å². The predicted octanol–water partition coefficient (Wildman–Crippen LogP) is 1.43. The van der Waals surface area contributed by atoms with Crippen molar-refractivity contribution in [3.8, 4) is 10.8 Å². The number of aliphatic carboxylic acids is 1. The second-order valence-corrected chi connectivity index (χ2v) is 3.50. The third kappa shape index (κ3) is 1.80. The highest BCUT2D eigenvalue weighted by Gasteiger charge is 2.11. The van der Waals surface area contributed by atoms with Gasteiger partial charge in [-0.05, 0) is 11.4 Å². The van der Waals surface area contributed by atoms with Gasteiger partial charge in [-0.25, -0.2) is 0 Å². The SMILES string of the molecule is O=C(O)Cc1nnc(-c2cccs2)o1. The van der Waals surface area contributed by atoms with Crippen LogP contribution in [0.25, 0.3) is 10.8 Å². The van der Waals surface area contributed by atoms with Crippen molar-refractivity contribution >= 4 is 17.3 Å². The average molecular weight is 210 g/mol. The largest absolute Gasteiger partial charge is 0.481 e. The molecule has 0 aliphatic heterocycles. The third-order valence-corrected chi connectivity index (χ3v) is 2.36. The van der Waals surface area contributed by atoms with Crippen LogP contribution in [-0.2, 0) is 11.2 Å². The molecule has 0 aliphatic rings. The summed E-state index contributed by atoms with van der Waals surface area (Å²) in [5, 5.41) is 17.7. The lowest BCUT2D eigenvalue weighted by Gasteiger charge is -1.86. The molecule has 0 spiro atoms. The summed E-state index contributed by atoms with van der Waals surface area (Å²) in [7, 11) is 0. The molecule has 2 aromatic rings. The summed E-state index contributed by atoms with van der Waals surface area (Å²) >= 11 is 1.46. The Labute approximate surface area is 83.0 Å². The standard InChI is InChI=1S/C8H6N2O3S/c11-7(12)4-6-9-10-8(13-6)5-2-1-3-14-5/h1-3H,4H2,(H,11,12). The quantitative estimate of drug-likeness (QED) is 0.829. The Bertz CT molecular complexity index is 435. The van der Waals surface area contributed by atoms with Gasteiger partial charge >= 0.3 is 5.97 Å². The summed E-state index contributed by atoms with van der Waals surface area (Å²) in [6, 6.07) is 3.70. The lowest BCUT2D eigenvalue weighted by atomic mass is 10.4. The van der Waals surface area contributed by atoms with Crippen LogP contribution < -0.4 is 0 Å². The number of nitrogens with zero attached hydrogens (tertiary/aromatic N) is 2. The third-order valence-electron chi connectivity index (χ3n) is 1.50. The van der Waals surface area contributed by atoms with Crippen molar-refractivity contribution < 1.29 is 14.3 Å². The smallest absolute Gasteiger partial charge is 0.312 e. The van der Waals surface area contributed by atoms with Crippen LogP contribution in [0.15, 0.2) is 21.9 Å². The monoisotopic (exact) mass is 210 g/mol. The number of thiophene rings is 1. The van der Waals surface area contributed by atoms with E-state index in [-0.39, 0.29) is 12.3 Å². The molecule has 0 bridgehead atoms. The molecule has 0 unspecified atom stereocenters. The zero-order chi connectivity index (χ0) is 9.97. The number of carboxylic acids is 1. The number of hydrogen-bond donors (Lipinski definition) is 1. The second kappa shape index (κ2) is 3.59. The van der Waals surface area contributed by atoms with Gasteiger partial charge in [0, 0.05) is 0 Å².